The average molecular weight is 299 g/mol. The number of benzene rings is 1. The summed E-state index contributed by atoms with van der Waals surface area (Å²) in [6.45, 7) is 0.797. The topological polar surface area (TPSA) is 61.0 Å². The Morgan fingerprint density at radius 1 is 1.24 bits per heavy atom. The van der Waals surface area contributed by atoms with Gasteiger partial charge in [-0.3, -0.25) is 10.1 Å². The molecule has 0 fully saturated rings. The molecule has 0 atom stereocenters. The molecule has 0 aliphatic rings. The molecule has 0 saturated heterocycles. The average Bonchev–Trinajstić information content (AvgIpc) is 3.16. The second-order valence-electron chi connectivity index (χ2n) is 4.60. The van der Waals surface area contributed by atoms with Crippen molar-refractivity contribution in [2.45, 2.75) is 13.0 Å². The van der Waals surface area contributed by atoms with Crippen LogP contribution in [0.2, 0.25) is 0 Å². The minimum absolute atomic E-state index is 0.126. The molecule has 0 aliphatic carbocycles. The highest BCUT2D eigenvalue weighted by molar-refractivity contribution is 7.13. The van der Waals surface area contributed by atoms with Gasteiger partial charge in [-0.1, -0.05) is 18.2 Å². The highest BCUT2D eigenvalue weighted by Crippen LogP contribution is 2.23. The van der Waals surface area contributed by atoms with Crippen LogP contribution in [0.4, 0.5) is 5.69 Å². The quantitative estimate of drug-likeness (QED) is 0.532. The van der Waals surface area contributed by atoms with E-state index in [1.165, 1.54) is 0 Å². The van der Waals surface area contributed by atoms with E-state index in [0.29, 0.717) is 0 Å². The number of non-ortho nitro benzene ring substituents is 1. The number of aromatic nitrogens is 2. The van der Waals surface area contributed by atoms with Gasteiger partial charge >= 0.3 is 0 Å². The van der Waals surface area contributed by atoms with Crippen LogP contribution in [-0.2, 0) is 13.0 Å². The van der Waals surface area contributed by atoms with E-state index in [-0.39, 0.29) is 10.6 Å². The van der Waals surface area contributed by atoms with Crippen LogP contribution >= 0.6 is 11.3 Å². The predicted octanol–water partition coefficient (Wildman–Crippen LogP) is 3.76. The first-order valence-corrected chi connectivity index (χ1v) is 7.40. The summed E-state index contributed by atoms with van der Waals surface area (Å²) < 4.78 is 2.10. The standard InChI is InChI=1S/C15H13N3O2S/c19-18(20)13-5-3-12(4-6-13)7-9-17-10-8-16-15(17)14-2-1-11-21-14/h1-6,8,10-11H,7,9H2. The van der Waals surface area contributed by atoms with Crippen LogP contribution in [-0.4, -0.2) is 14.5 Å². The van der Waals surface area contributed by atoms with E-state index in [0.717, 1.165) is 29.2 Å². The molecule has 0 saturated carbocycles. The van der Waals surface area contributed by atoms with E-state index in [1.54, 1.807) is 41.8 Å². The van der Waals surface area contributed by atoms with Crippen molar-refractivity contribution in [2.24, 2.45) is 0 Å². The summed E-state index contributed by atoms with van der Waals surface area (Å²) in [6.07, 6.45) is 4.57. The van der Waals surface area contributed by atoms with Gasteiger partial charge in [0.25, 0.3) is 5.69 Å². The van der Waals surface area contributed by atoms with Crippen LogP contribution in [0.15, 0.2) is 54.2 Å². The van der Waals surface area contributed by atoms with Crippen LogP contribution < -0.4 is 0 Å². The minimum atomic E-state index is -0.380. The first-order chi connectivity index (χ1) is 10.2. The molecule has 1 aromatic carbocycles. The second-order valence-corrected chi connectivity index (χ2v) is 5.54. The Morgan fingerprint density at radius 3 is 2.71 bits per heavy atom. The van der Waals surface area contributed by atoms with Gasteiger partial charge in [0, 0.05) is 31.1 Å². The zero-order valence-corrected chi connectivity index (χ0v) is 12.0. The van der Waals surface area contributed by atoms with Crippen LogP contribution in [0.1, 0.15) is 5.56 Å². The number of rotatable bonds is 5. The lowest BCUT2D eigenvalue weighted by molar-refractivity contribution is -0.384. The third-order valence-electron chi connectivity index (χ3n) is 3.25. The molecule has 2 aromatic heterocycles. The fourth-order valence-corrected chi connectivity index (χ4v) is 2.89. The fraction of sp³-hybridized carbons (Fsp3) is 0.133. The Morgan fingerprint density at radius 2 is 2.05 bits per heavy atom. The molecular formula is C15H13N3O2S. The molecule has 21 heavy (non-hydrogen) atoms. The molecule has 0 unspecified atom stereocenters. The van der Waals surface area contributed by atoms with E-state index in [1.807, 2.05) is 17.6 Å². The number of nitro groups is 1. The summed E-state index contributed by atoms with van der Waals surface area (Å²) in [5, 5.41) is 12.7. The smallest absolute Gasteiger partial charge is 0.269 e. The van der Waals surface area contributed by atoms with Gasteiger partial charge in [-0.05, 0) is 23.4 Å². The lowest BCUT2D eigenvalue weighted by Gasteiger charge is -2.06. The van der Waals surface area contributed by atoms with Crippen molar-refractivity contribution in [2.75, 3.05) is 0 Å². The third kappa shape index (κ3) is 3.00. The normalized spacial score (nSPS) is 10.7. The van der Waals surface area contributed by atoms with Crippen LogP contribution in [0.5, 0.6) is 0 Å². The van der Waals surface area contributed by atoms with Crippen molar-refractivity contribution in [3.8, 4) is 10.7 Å². The molecule has 0 amide bonds. The van der Waals surface area contributed by atoms with E-state index >= 15 is 0 Å². The molecule has 3 rings (SSSR count). The molecule has 5 nitrogen and oxygen atoms in total. The van der Waals surface area contributed by atoms with E-state index in [9.17, 15) is 10.1 Å². The maximum Gasteiger partial charge on any atom is 0.269 e. The van der Waals surface area contributed by atoms with E-state index in [4.69, 9.17) is 0 Å². The number of nitro benzene ring substituents is 1. The predicted molar refractivity (Wildman–Crippen MR) is 82.3 cm³/mol. The Labute approximate surface area is 125 Å². The van der Waals surface area contributed by atoms with Gasteiger partial charge < -0.3 is 4.57 Å². The van der Waals surface area contributed by atoms with Gasteiger partial charge in [0.05, 0.1) is 9.80 Å². The Balaban J connectivity index is 1.71. The summed E-state index contributed by atoms with van der Waals surface area (Å²) in [5.41, 5.74) is 1.20. The van der Waals surface area contributed by atoms with Crippen LogP contribution in [0, 0.1) is 10.1 Å². The summed E-state index contributed by atoms with van der Waals surface area (Å²) in [5.74, 6) is 0.965. The second kappa shape index (κ2) is 5.88. The summed E-state index contributed by atoms with van der Waals surface area (Å²) >= 11 is 1.66. The molecule has 106 valence electrons. The maximum absolute atomic E-state index is 10.6. The fourth-order valence-electron chi connectivity index (χ4n) is 2.15. The largest absolute Gasteiger partial charge is 0.330 e. The van der Waals surface area contributed by atoms with Gasteiger partial charge in [-0.2, -0.15) is 0 Å². The van der Waals surface area contributed by atoms with E-state index < -0.39 is 0 Å². The summed E-state index contributed by atoms with van der Waals surface area (Å²) in [6, 6.07) is 10.8. The van der Waals surface area contributed by atoms with Crippen molar-refractivity contribution in [1.82, 2.24) is 9.55 Å². The van der Waals surface area contributed by atoms with Crippen molar-refractivity contribution >= 4 is 17.0 Å². The number of hydrogen-bond acceptors (Lipinski definition) is 4. The number of nitrogens with zero attached hydrogens (tertiary/aromatic N) is 3. The zero-order valence-electron chi connectivity index (χ0n) is 11.2. The van der Waals surface area contributed by atoms with Crippen molar-refractivity contribution in [1.29, 1.82) is 0 Å². The highest BCUT2D eigenvalue weighted by Gasteiger charge is 2.08. The monoisotopic (exact) mass is 299 g/mol. The third-order valence-corrected chi connectivity index (χ3v) is 4.11. The number of aryl methyl sites for hydroxylation is 2. The first-order valence-electron chi connectivity index (χ1n) is 6.52. The molecular weight excluding hydrogens is 286 g/mol. The molecule has 0 aliphatic heterocycles. The van der Waals surface area contributed by atoms with Crippen molar-refractivity contribution < 1.29 is 4.92 Å². The molecule has 0 radical (unpaired) electrons. The van der Waals surface area contributed by atoms with Crippen LogP contribution in [0.25, 0.3) is 10.7 Å². The number of thiophene rings is 1. The Kier molecular flexibility index (Phi) is 3.79. The van der Waals surface area contributed by atoms with Gasteiger partial charge in [-0.15, -0.1) is 11.3 Å². The van der Waals surface area contributed by atoms with Gasteiger partial charge in [-0.25, -0.2) is 4.98 Å². The molecule has 0 N–H and O–H groups in total. The molecule has 6 heteroatoms. The lowest BCUT2D eigenvalue weighted by atomic mass is 10.1. The molecule has 0 spiro atoms. The summed E-state index contributed by atoms with van der Waals surface area (Å²) in [4.78, 5) is 15.8. The zero-order chi connectivity index (χ0) is 14.7. The highest BCUT2D eigenvalue weighted by atomic mass is 32.1. The SMILES string of the molecule is O=[N+]([O-])c1ccc(CCn2ccnc2-c2cccs2)cc1. The van der Waals surface area contributed by atoms with Crippen molar-refractivity contribution in [3.05, 3.63) is 69.8 Å². The molecule has 2 heterocycles. The van der Waals surface area contributed by atoms with Gasteiger partial charge in [0.15, 0.2) is 0 Å². The van der Waals surface area contributed by atoms with Crippen molar-refractivity contribution in [3.63, 3.8) is 0 Å². The van der Waals surface area contributed by atoms with Gasteiger partial charge in [0.1, 0.15) is 5.82 Å². The number of imidazole rings is 1. The summed E-state index contributed by atoms with van der Waals surface area (Å²) in [7, 11) is 0. The van der Waals surface area contributed by atoms with Gasteiger partial charge in [0.2, 0.25) is 0 Å². The Hall–Kier alpha value is -2.47. The minimum Gasteiger partial charge on any atom is -0.330 e. The molecule has 0 bridgehead atoms. The van der Waals surface area contributed by atoms with Crippen LogP contribution in [0.3, 0.4) is 0 Å². The van der Waals surface area contributed by atoms with E-state index in [2.05, 4.69) is 15.6 Å². The first kappa shape index (κ1) is 13.5. The number of hydrogen-bond donors (Lipinski definition) is 0. The Bertz CT molecular complexity index is 733. The lowest BCUT2D eigenvalue weighted by Crippen LogP contribution is -2.02. The maximum atomic E-state index is 10.6. The molecule has 3 aromatic rings.